The van der Waals surface area contributed by atoms with Gasteiger partial charge in [0.1, 0.15) is 0 Å². The summed E-state index contributed by atoms with van der Waals surface area (Å²) in [5.74, 6) is 4.12. The van der Waals surface area contributed by atoms with Gasteiger partial charge in [0.25, 0.3) is 0 Å². The van der Waals surface area contributed by atoms with E-state index in [0.717, 1.165) is 23.7 Å². The van der Waals surface area contributed by atoms with Gasteiger partial charge < -0.3 is 0 Å². The maximum atomic E-state index is 2.64. The largest absolute Gasteiger partial charge is 0.0625 e. The molecule has 0 radical (unpaired) electrons. The Labute approximate surface area is 211 Å². The Morgan fingerprint density at radius 1 is 0.676 bits per heavy atom. The minimum atomic E-state index is 0.0148. The van der Waals surface area contributed by atoms with Crippen LogP contribution in [0.5, 0.6) is 0 Å². The Morgan fingerprint density at radius 2 is 1.26 bits per heavy atom. The molecule has 0 N–H and O–H groups in total. The van der Waals surface area contributed by atoms with E-state index in [4.69, 9.17) is 0 Å². The lowest BCUT2D eigenvalue weighted by Gasteiger charge is -2.50. The summed E-state index contributed by atoms with van der Waals surface area (Å²) in [7, 11) is 0. The van der Waals surface area contributed by atoms with E-state index in [-0.39, 0.29) is 5.41 Å². The van der Waals surface area contributed by atoms with E-state index in [0.29, 0.717) is 11.3 Å². The zero-order valence-corrected chi connectivity index (χ0v) is 23.4. The minimum Gasteiger partial charge on any atom is -0.0625 e. The number of aryl methyl sites for hydroxylation is 2. The number of benzene rings is 2. The van der Waals surface area contributed by atoms with Gasteiger partial charge >= 0.3 is 0 Å². The summed E-state index contributed by atoms with van der Waals surface area (Å²) in [5, 5.41) is 0. The van der Waals surface area contributed by atoms with Crippen molar-refractivity contribution in [3.05, 3.63) is 70.3 Å². The molecule has 3 atom stereocenters. The van der Waals surface area contributed by atoms with Gasteiger partial charge in [-0.2, -0.15) is 0 Å². The molecular weight excluding hydrogens is 408 g/mol. The molecule has 2 saturated carbocycles. The third-order valence-electron chi connectivity index (χ3n) is 10.3. The van der Waals surface area contributed by atoms with E-state index in [9.17, 15) is 0 Å². The summed E-state index contributed by atoms with van der Waals surface area (Å²) in [4.78, 5) is 0. The first-order chi connectivity index (χ1) is 16.0. The van der Waals surface area contributed by atoms with Gasteiger partial charge in [-0.25, -0.2) is 0 Å². The predicted molar refractivity (Wildman–Crippen MR) is 149 cm³/mol. The molecule has 186 valence electrons. The fraction of sp³-hybridized carbons (Fsp3) is 0.647. The first-order valence-electron chi connectivity index (χ1n) is 14.2. The van der Waals surface area contributed by atoms with Gasteiger partial charge in [0, 0.05) is 5.41 Å². The highest BCUT2D eigenvalue weighted by molar-refractivity contribution is 5.44. The van der Waals surface area contributed by atoms with Crippen LogP contribution in [0, 0.1) is 42.9 Å². The van der Waals surface area contributed by atoms with Gasteiger partial charge in [0.05, 0.1) is 0 Å². The van der Waals surface area contributed by atoms with Crippen molar-refractivity contribution in [3.8, 4) is 0 Å². The molecule has 0 saturated heterocycles. The quantitative estimate of drug-likeness (QED) is 0.418. The second kappa shape index (κ2) is 9.83. The molecule has 3 unspecified atom stereocenters. The van der Waals surface area contributed by atoms with Crippen molar-refractivity contribution in [2.45, 2.75) is 112 Å². The summed E-state index contributed by atoms with van der Waals surface area (Å²) in [6, 6.07) is 16.6. The zero-order chi connectivity index (χ0) is 24.7. The highest BCUT2D eigenvalue weighted by atomic mass is 14.5. The van der Waals surface area contributed by atoms with E-state index in [1.165, 1.54) is 67.2 Å². The average molecular weight is 459 g/mol. The van der Waals surface area contributed by atoms with Crippen LogP contribution in [0.15, 0.2) is 42.5 Å². The van der Waals surface area contributed by atoms with Crippen LogP contribution in [-0.2, 0) is 5.41 Å². The van der Waals surface area contributed by atoms with E-state index in [2.05, 4.69) is 97.9 Å². The highest BCUT2D eigenvalue weighted by Gasteiger charge is 2.44. The highest BCUT2D eigenvalue weighted by Crippen LogP contribution is 2.55. The van der Waals surface area contributed by atoms with Crippen molar-refractivity contribution in [2.24, 2.45) is 29.1 Å². The lowest BCUT2D eigenvalue weighted by Crippen LogP contribution is -2.40. The average Bonchev–Trinajstić information content (AvgIpc) is 2.79. The molecule has 0 spiro atoms. The summed E-state index contributed by atoms with van der Waals surface area (Å²) in [5.41, 5.74) is 7.80. The second-order valence-electron chi connectivity index (χ2n) is 13.5. The molecule has 2 aromatic rings. The van der Waals surface area contributed by atoms with Gasteiger partial charge in [-0.15, -0.1) is 0 Å². The molecule has 0 amide bonds. The maximum absolute atomic E-state index is 2.64. The molecule has 2 aromatic carbocycles. The third kappa shape index (κ3) is 5.03. The Bertz CT molecular complexity index is 952. The topological polar surface area (TPSA) is 0 Å². The van der Waals surface area contributed by atoms with Crippen molar-refractivity contribution in [1.82, 2.24) is 0 Å². The molecule has 0 bridgehead atoms. The minimum absolute atomic E-state index is 0.0148. The van der Waals surface area contributed by atoms with Crippen molar-refractivity contribution in [3.63, 3.8) is 0 Å². The molecule has 0 heterocycles. The smallest absolute Gasteiger partial charge is 0.0146 e. The molecule has 34 heavy (non-hydrogen) atoms. The molecule has 4 rings (SSSR count). The van der Waals surface area contributed by atoms with Crippen molar-refractivity contribution in [2.75, 3.05) is 0 Å². The Morgan fingerprint density at radius 3 is 1.91 bits per heavy atom. The Hall–Kier alpha value is -1.56. The summed E-state index contributed by atoms with van der Waals surface area (Å²) >= 11 is 0. The fourth-order valence-corrected chi connectivity index (χ4v) is 7.49. The number of hydrogen-bond acceptors (Lipinski definition) is 0. The second-order valence-corrected chi connectivity index (χ2v) is 13.5. The van der Waals surface area contributed by atoms with Gasteiger partial charge in [0.15, 0.2) is 0 Å². The first kappa shape index (κ1) is 25.5. The molecule has 0 aromatic heterocycles. The maximum Gasteiger partial charge on any atom is 0.0146 e. The van der Waals surface area contributed by atoms with Crippen LogP contribution >= 0.6 is 0 Å². The first-order valence-corrected chi connectivity index (χ1v) is 14.2. The Balaban J connectivity index is 1.70. The van der Waals surface area contributed by atoms with E-state index >= 15 is 0 Å². The van der Waals surface area contributed by atoms with Gasteiger partial charge in [0.2, 0.25) is 0 Å². The van der Waals surface area contributed by atoms with Gasteiger partial charge in [-0.1, -0.05) is 109 Å². The SMILES string of the molecule is Cc1ccc(C(C)(C)c2ccc(C)c(C3CC(C)CCC3C(C)(C)C3CCC(C)CC3)c2)cc1. The van der Waals surface area contributed by atoms with Crippen LogP contribution in [0.2, 0.25) is 0 Å². The fourth-order valence-electron chi connectivity index (χ4n) is 7.49. The number of rotatable bonds is 5. The monoisotopic (exact) mass is 458 g/mol. The van der Waals surface area contributed by atoms with E-state index in [1.54, 1.807) is 5.56 Å². The molecule has 0 heteroatoms. The molecule has 0 aliphatic heterocycles. The summed E-state index contributed by atoms with van der Waals surface area (Å²) in [6.45, 7) is 19.6. The molecule has 0 nitrogen and oxygen atoms in total. The van der Waals surface area contributed by atoms with Crippen LogP contribution in [0.1, 0.15) is 120 Å². The van der Waals surface area contributed by atoms with Crippen molar-refractivity contribution < 1.29 is 0 Å². The third-order valence-corrected chi connectivity index (χ3v) is 10.3. The standard InChI is InChI=1S/C34H50/c1-23-9-15-27(16-10-23)33(5,6)29-19-14-26(4)30(22-29)31-21-25(3)13-20-32(31)34(7,8)28-17-11-24(2)12-18-28/h9-10,14-16,19,22,24-25,28,31-32H,11-13,17-18,20-21H2,1-8H3. The summed E-state index contributed by atoms with van der Waals surface area (Å²) in [6.07, 6.45) is 9.89. The van der Waals surface area contributed by atoms with Crippen molar-refractivity contribution in [1.29, 1.82) is 0 Å². The Kier molecular flexibility index (Phi) is 7.38. The zero-order valence-electron chi connectivity index (χ0n) is 23.4. The van der Waals surface area contributed by atoms with Crippen LogP contribution in [0.25, 0.3) is 0 Å². The molecule has 2 aliphatic rings. The van der Waals surface area contributed by atoms with E-state index in [1.807, 2.05) is 0 Å². The number of hydrogen-bond donors (Lipinski definition) is 0. The van der Waals surface area contributed by atoms with Crippen LogP contribution < -0.4 is 0 Å². The molecular formula is C34H50. The lowest BCUT2D eigenvalue weighted by molar-refractivity contribution is 0.0275. The van der Waals surface area contributed by atoms with Crippen LogP contribution in [0.4, 0.5) is 0 Å². The van der Waals surface area contributed by atoms with Crippen LogP contribution in [-0.4, -0.2) is 0 Å². The van der Waals surface area contributed by atoms with E-state index < -0.39 is 0 Å². The van der Waals surface area contributed by atoms with Crippen LogP contribution in [0.3, 0.4) is 0 Å². The van der Waals surface area contributed by atoms with Gasteiger partial charge in [-0.05, 0) is 96.8 Å². The predicted octanol–water partition coefficient (Wildman–Crippen LogP) is 10.0. The molecule has 2 aliphatic carbocycles. The summed E-state index contributed by atoms with van der Waals surface area (Å²) < 4.78 is 0. The van der Waals surface area contributed by atoms with Gasteiger partial charge in [-0.3, -0.25) is 0 Å². The lowest BCUT2D eigenvalue weighted by atomic mass is 9.55. The van der Waals surface area contributed by atoms with Crippen molar-refractivity contribution >= 4 is 0 Å². The molecule has 2 fully saturated rings. The normalized spacial score (nSPS) is 28.6.